The number of benzene rings is 2. The molecule has 12 heteroatoms. The number of nitrogens with one attached hydrogen (secondary N) is 2. The molecular weight excluding hydrogens is 476 g/mol. The highest BCUT2D eigenvalue weighted by molar-refractivity contribution is 7.89. The fourth-order valence-corrected chi connectivity index (χ4v) is 4.32. The average Bonchev–Trinajstić information content (AvgIpc) is 2.85. The van der Waals surface area contributed by atoms with Crippen LogP contribution in [0.2, 0.25) is 0 Å². The summed E-state index contributed by atoms with van der Waals surface area (Å²) in [5, 5.41) is 11.7. The second-order valence-corrected chi connectivity index (χ2v) is 9.15. The van der Waals surface area contributed by atoms with Crippen molar-refractivity contribution in [1.82, 2.24) is 15.1 Å². The van der Waals surface area contributed by atoms with Gasteiger partial charge in [-0.05, 0) is 55.3 Å². The Morgan fingerprint density at radius 2 is 1.69 bits per heavy atom. The van der Waals surface area contributed by atoms with Gasteiger partial charge in [0.2, 0.25) is 10.0 Å². The second kappa shape index (κ2) is 13.2. The summed E-state index contributed by atoms with van der Waals surface area (Å²) >= 11 is 0. The highest BCUT2D eigenvalue weighted by atomic mass is 32.2. The Hall–Kier alpha value is -3.79. The van der Waals surface area contributed by atoms with Crippen molar-refractivity contribution >= 4 is 22.0 Å². The van der Waals surface area contributed by atoms with Crippen LogP contribution < -0.4 is 26.0 Å². The minimum atomic E-state index is -4.12. The molecular formula is C23H28N4O7S. The fourth-order valence-electron chi connectivity index (χ4n) is 3.01. The number of amides is 3. The number of sulfonamides is 1. The molecule has 0 saturated heterocycles. The summed E-state index contributed by atoms with van der Waals surface area (Å²) in [5.41, 5.74) is 6.82. The number of carbonyl (C=O) groups excluding carboxylic acids is 2. The molecule has 0 bridgehead atoms. The van der Waals surface area contributed by atoms with Gasteiger partial charge < -0.3 is 20.5 Å². The Morgan fingerprint density at radius 3 is 2.26 bits per heavy atom. The molecule has 0 aromatic heterocycles. The first-order valence-corrected chi connectivity index (χ1v) is 11.9. The molecule has 3 amide bonds. The normalized spacial score (nSPS) is 11.7. The number of nitrogens with two attached hydrogens (primary N) is 1. The number of hydroxylamine groups is 1. The number of carbonyl (C=O) groups is 2. The number of hydrogen-bond acceptors (Lipinski definition) is 7. The zero-order valence-corrected chi connectivity index (χ0v) is 20.2. The van der Waals surface area contributed by atoms with E-state index in [1.54, 1.807) is 19.1 Å². The van der Waals surface area contributed by atoms with Gasteiger partial charge in [-0.15, -0.1) is 5.92 Å². The molecule has 0 aliphatic carbocycles. The van der Waals surface area contributed by atoms with Gasteiger partial charge in [-0.1, -0.05) is 18.1 Å². The highest BCUT2D eigenvalue weighted by Gasteiger charge is 2.34. The molecule has 5 N–H and O–H groups in total. The maximum Gasteiger partial charge on any atom is 0.312 e. The molecule has 0 saturated carbocycles. The van der Waals surface area contributed by atoms with Crippen LogP contribution in [0.4, 0.5) is 4.79 Å². The van der Waals surface area contributed by atoms with Crippen LogP contribution in [0, 0.1) is 11.8 Å². The molecule has 0 spiro atoms. The van der Waals surface area contributed by atoms with Crippen LogP contribution in [0.1, 0.15) is 24.9 Å². The molecule has 11 nitrogen and oxygen atoms in total. The minimum Gasteiger partial charge on any atom is -0.494 e. The Kier molecular flexibility index (Phi) is 10.3. The summed E-state index contributed by atoms with van der Waals surface area (Å²) < 4.78 is 38.2. The van der Waals surface area contributed by atoms with E-state index in [1.165, 1.54) is 48.9 Å². The second-order valence-electron chi connectivity index (χ2n) is 7.15. The topological polar surface area (TPSA) is 160 Å². The van der Waals surface area contributed by atoms with E-state index in [0.717, 1.165) is 4.31 Å². The van der Waals surface area contributed by atoms with Crippen LogP contribution in [0.25, 0.3) is 0 Å². The van der Waals surface area contributed by atoms with E-state index in [-0.39, 0.29) is 11.5 Å². The Labute approximate surface area is 204 Å². The molecule has 0 aliphatic rings. The van der Waals surface area contributed by atoms with E-state index < -0.39 is 28.0 Å². The first-order chi connectivity index (χ1) is 16.7. The van der Waals surface area contributed by atoms with Crippen molar-refractivity contribution in [2.45, 2.75) is 24.3 Å². The van der Waals surface area contributed by atoms with E-state index in [4.69, 9.17) is 15.2 Å². The molecule has 0 radical (unpaired) electrons. The molecule has 2 aromatic rings. The number of ether oxygens (including phenoxy) is 2. The maximum absolute atomic E-state index is 13.2. The van der Waals surface area contributed by atoms with Crippen molar-refractivity contribution in [3.63, 3.8) is 0 Å². The van der Waals surface area contributed by atoms with Crippen molar-refractivity contribution < 1.29 is 32.7 Å². The van der Waals surface area contributed by atoms with Crippen molar-refractivity contribution in [3.8, 4) is 23.3 Å². The molecule has 0 heterocycles. The van der Waals surface area contributed by atoms with Crippen LogP contribution in [-0.2, 0) is 14.8 Å². The quantitative estimate of drug-likeness (QED) is 0.147. The van der Waals surface area contributed by atoms with Crippen molar-refractivity contribution in [3.05, 3.63) is 54.1 Å². The van der Waals surface area contributed by atoms with Crippen LogP contribution in [-0.4, -0.2) is 56.7 Å². The molecule has 2 rings (SSSR count). The first kappa shape index (κ1) is 27.5. The number of rotatable bonds is 12. The van der Waals surface area contributed by atoms with Gasteiger partial charge >= 0.3 is 6.03 Å². The maximum atomic E-state index is 13.2. The number of primary amides is 1. The fraction of sp³-hybridized carbons (Fsp3) is 0.304. The van der Waals surface area contributed by atoms with Crippen molar-refractivity contribution in [1.29, 1.82) is 0 Å². The molecule has 1 atom stereocenters. The van der Waals surface area contributed by atoms with E-state index in [0.29, 0.717) is 36.6 Å². The first-order valence-electron chi connectivity index (χ1n) is 10.5. The standard InChI is InChI=1S/C23H28N4O7S/c1-3-4-15-33-19-10-12-20(13-11-19)35(31,32)27(2)21(22(28)26-30)17-6-8-18(9-7-17)34-16-5-14-25-23(24)29/h6-13,21,30H,5,14-16H2,1-2H3,(H,26,28)(H3,24,25,29). The lowest BCUT2D eigenvalue weighted by molar-refractivity contribution is -0.133. The third-order valence-corrected chi connectivity index (χ3v) is 6.63. The molecule has 2 aromatic carbocycles. The lowest BCUT2D eigenvalue weighted by Crippen LogP contribution is -2.40. The van der Waals surface area contributed by atoms with Gasteiger partial charge in [-0.2, -0.15) is 4.31 Å². The Morgan fingerprint density at radius 1 is 1.09 bits per heavy atom. The number of nitrogens with zero attached hydrogens (tertiary/aromatic N) is 1. The minimum absolute atomic E-state index is 0.0609. The van der Waals surface area contributed by atoms with Gasteiger partial charge in [-0.25, -0.2) is 18.7 Å². The molecule has 188 valence electrons. The third-order valence-electron chi connectivity index (χ3n) is 4.80. The zero-order valence-electron chi connectivity index (χ0n) is 19.4. The summed E-state index contributed by atoms with van der Waals surface area (Å²) in [5.74, 6) is 5.43. The predicted molar refractivity (Wildman–Crippen MR) is 127 cm³/mol. The number of likely N-dealkylation sites (N-methyl/N-ethyl adjacent to an activating group) is 1. The van der Waals surface area contributed by atoms with Crippen LogP contribution in [0.5, 0.6) is 11.5 Å². The lowest BCUT2D eigenvalue weighted by atomic mass is 10.1. The summed E-state index contributed by atoms with van der Waals surface area (Å²) in [6, 6.07) is 9.91. The number of urea groups is 1. The third kappa shape index (κ3) is 7.89. The number of hydrogen-bond donors (Lipinski definition) is 4. The van der Waals surface area contributed by atoms with E-state index in [1.807, 2.05) is 0 Å². The van der Waals surface area contributed by atoms with Gasteiger partial charge in [0.15, 0.2) is 0 Å². The summed E-state index contributed by atoms with van der Waals surface area (Å²) in [7, 11) is -2.88. The van der Waals surface area contributed by atoms with Gasteiger partial charge in [0.05, 0.1) is 11.5 Å². The SMILES string of the molecule is CC#CCOc1ccc(S(=O)(=O)N(C)C(C(=O)NO)c2ccc(OCCCNC(N)=O)cc2)cc1. The monoisotopic (exact) mass is 504 g/mol. The summed E-state index contributed by atoms with van der Waals surface area (Å²) in [4.78, 5) is 23.0. The van der Waals surface area contributed by atoms with Gasteiger partial charge in [0.25, 0.3) is 5.91 Å². The summed E-state index contributed by atoms with van der Waals surface area (Å²) in [6.07, 6.45) is 0.525. The average molecular weight is 505 g/mol. The summed E-state index contributed by atoms with van der Waals surface area (Å²) in [6.45, 7) is 2.51. The predicted octanol–water partition coefficient (Wildman–Crippen LogP) is 1.39. The van der Waals surface area contributed by atoms with E-state index in [9.17, 15) is 23.2 Å². The van der Waals surface area contributed by atoms with Crippen molar-refractivity contribution in [2.75, 3.05) is 26.8 Å². The zero-order chi connectivity index (χ0) is 25.8. The van der Waals surface area contributed by atoms with Crippen molar-refractivity contribution in [2.24, 2.45) is 5.73 Å². The van der Waals surface area contributed by atoms with Crippen LogP contribution >= 0.6 is 0 Å². The highest BCUT2D eigenvalue weighted by Crippen LogP contribution is 2.28. The molecule has 0 aliphatic heterocycles. The van der Waals surface area contributed by atoms with E-state index >= 15 is 0 Å². The van der Waals surface area contributed by atoms with Gasteiger partial charge in [0.1, 0.15) is 24.1 Å². The van der Waals surface area contributed by atoms with Gasteiger partial charge in [-0.3, -0.25) is 10.0 Å². The largest absolute Gasteiger partial charge is 0.494 e. The molecule has 1 unspecified atom stereocenters. The smallest absolute Gasteiger partial charge is 0.312 e. The van der Waals surface area contributed by atoms with Crippen LogP contribution in [0.3, 0.4) is 0 Å². The lowest BCUT2D eigenvalue weighted by Gasteiger charge is -2.26. The molecule has 0 fully saturated rings. The Balaban J connectivity index is 2.16. The Bertz CT molecular complexity index is 1160. The van der Waals surface area contributed by atoms with Crippen LogP contribution in [0.15, 0.2) is 53.4 Å². The van der Waals surface area contributed by atoms with E-state index in [2.05, 4.69) is 17.2 Å². The van der Waals surface area contributed by atoms with Gasteiger partial charge in [0, 0.05) is 13.6 Å². The molecule has 35 heavy (non-hydrogen) atoms.